The van der Waals surface area contributed by atoms with Gasteiger partial charge in [0.1, 0.15) is 5.75 Å². The quantitative estimate of drug-likeness (QED) is 0.404. The van der Waals surface area contributed by atoms with Crippen molar-refractivity contribution in [3.8, 4) is 5.75 Å². The van der Waals surface area contributed by atoms with Crippen LogP contribution in [0.2, 0.25) is 0 Å². The number of rotatable bonds is 7. The highest BCUT2D eigenvalue weighted by atomic mass is 16.7. The predicted octanol–water partition coefficient (Wildman–Crippen LogP) is 3.90. The lowest BCUT2D eigenvalue weighted by Gasteiger charge is -2.31. The first-order valence-corrected chi connectivity index (χ1v) is 10.8. The minimum absolute atomic E-state index is 0.0152. The standard InChI is InChI=1S/C25H28N2O5/c1-2-31-25(30)32-22-11-9-21(10-12-22)24(29)26-18-20-14-16-27(17-15-20)23(28)13-8-19-6-4-3-5-7-19/h3-13,20H,2,14-18H2,1H3,(H,26,29)/b13-8+. The molecule has 0 spiro atoms. The maximum atomic E-state index is 12.4. The smallest absolute Gasteiger partial charge is 0.434 e. The topological polar surface area (TPSA) is 84.9 Å². The number of hydrogen-bond donors (Lipinski definition) is 1. The maximum absolute atomic E-state index is 12.4. The molecule has 0 radical (unpaired) electrons. The third kappa shape index (κ3) is 6.97. The van der Waals surface area contributed by atoms with E-state index in [0.29, 0.717) is 36.9 Å². The molecular formula is C25H28N2O5. The van der Waals surface area contributed by atoms with Crippen molar-refractivity contribution in [1.29, 1.82) is 0 Å². The fourth-order valence-electron chi connectivity index (χ4n) is 3.45. The van der Waals surface area contributed by atoms with Crippen LogP contribution in [0.15, 0.2) is 60.7 Å². The molecule has 1 aliphatic heterocycles. The first-order chi connectivity index (χ1) is 15.5. The van der Waals surface area contributed by atoms with Crippen molar-refractivity contribution in [2.45, 2.75) is 19.8 Å². The number of amides is 2. The highest BCUT2D eigenvalue weighted by Gasteiger charge is 2.22. The minimum atomic E-state index is -0.773. The van der Waals surface area contributed by atoms with Gasteiger partial charge in [0.2, 0.25) is 5.91 Å². The van der Waals surface area contributed by atoms with E-state index in [1.807, 2.05) is 41.3 Å². The van der Waals surface area contributed by atoms with Crippen molar-refractivity contribution >= 4 is 24.0 Å². The lowest BCUT2D eigenvalue weighted by Crippen LogP contribution is -2.40. The molecule has 2 amide bonds. The normalized spacial score (nSPS) is 14.2. The Morgan fingerprint density at radius 1 is 1.03 bits per heavy atom. The molecule has 0 atom stereocenters. The van der Waals surface area contributed by atoms with Crippen LogP contribution in [0.25, 0.3) is 6.08 Å². The number of nitrogens with one attached hydrogen (secondary N) is 1. The minimum Gasteiger partial charge on any atom is -0.434 e. The van der Waals surface area contributed by atoms with Gasteiger partial charge in [-0.1, -0.05) is 30.3 Å². The molecule has 7 nitrogen and oxygen atoms in total. The van der Waals surface area contributed by atoms with Gasteiger partial charge in [-0.15, -0.1) is 0 Å². The second-order valence-electron chi connectivity index (χ2n) is 7.53. The molecule has 0 aromatic heterocycles. The monoisotopic (exact) mass is 436 g/mol. The third-order valence-corrected chi connectivity index (χ3v) is 5.28. The number of likely N-dealkylation sites (tertiary alicyclic amines) is 1. The molecule has 3 rings (SSSR count). The first-order valence-electron chi connectivity index (χ1n) is 10.8. The van der Waals surface area contributed by atoms with Crippen LogP contribution in [0.4, 0.5) is 4.79 Å². The van der Waals surface area contributed by atoms with Crippen LogP contribution >= 0.6 is 0 Å². The van der Waals surface area contributed by atoms with E-state index in [9.17, 15) is 14.4 Å². The number of nitrogens with zero attached hydrogens (tertiary/aromatic N) is 1. The number of piperidine rings is 1. The molecule has 0 unspecified atom stereocenters. The summed E-state index contributed by atoms with van der Waals surface area (Å²) >= 11 is 0. The van der Waals surface area contributed by atoms with Crippen LogP contribution in [0.3, 0.4) is 0 Å². The first kappa shape index (κ1) is 23.1. The van der Waals surface area contributed by atoms with E-state index < -0.39 is 6.16 Å². The Balaban J connectivity index is 1.39. The Kier molecular flexibility index (Phi) is 8.43. The molecule has 1 heterocycles. The van der Waals surface area contributed by atoms with E-state index in [1.165, 1.54) is 0 Å². The van der Waals surface area contributed by atoms with Gasteiger partial charge in [0.25, 0.3) is 5.91 Å². The van der Waals surface area contributed by atoms with Gasteiger partial charge >= 0.3 is 6.16 Å². The van der Waals surface area contributed by atoms with Gasteiger partial charge in [0.05, 0.1) is 6.61 Å². The SMILES string of the molecule is CCOC(=O)Oc1ccc(C(=O)NCC2CCN(C(=O)/C=C/c3ccccc3)CC2)cc1. The second-order valence-corrected chi connectivity index (χ2v) is 7.53. The molecule has 2 aromatic carbocycles. The van der Waals surface area contributed by atoms with Crippen LogP contribution in [0.5, 0.6) is 5.75 Å². The van der Waals surface area contributed by atoms with E-state index in [1.54, 1.807) is 37.3 Å². The van der Waals surface area contributed by atoms with Gasteiger partial charge in [-0.05, 0) is 61.6 Å². The molecule has 0 saturated carbocycles. The summed E-state index contributed by atoms with van der Waals surface area (Å²) in [6, 6.07) is 16.1. The predicted molar refractivity (Wildman–Crippen MR) is 121 cm³/mol. The van der Waals surface area contributed by atoms with Gasteiger partial charge in [-0.25, -0.2) is 4.79 Å². The molecule has 0 bridgehead atoms. The van der Waals surface area contributed by atoms with Gasteiger partial charge in [-0.2, -0.15) is 0 Å². The molecule has 1 aliphatic rings. The number of hydrogen-bond acceptors (Lipinski definition) is 5. The number of carbonyl (C=O) groups excluding carboxylic acids is 3. The van der Waals surface area contributed by atoms with E-state index in [4.69, 9.17) is 9.47 Å². The molecule has 1 N–H and O–H groups in total. The van der Waals surface area contributed by atoms with Crippen LogP contribution in [0.1, 0.15) is 35.7 Å². The highest BCUT2D eigenvalue weighted by Crippen LogP contribution is 2.18. The molecule has 2 aromatic rings. The van der Waals surface area contributed by atoms with Crippen LogP contribution in [0, 0.1) is 5.92 Å². The second kappa shape index (κ2) is 11.7. The summed E-state index contributed by atoms with van der Waals surface area (Å²) in [4.78, 5) is 38.0. The van der Waals surface area contributed by atoms with Crippen molar-refractivity contribution in [3.05, 3.63) is 71.8 Å². The summed E-state index contributed by atoms with van der Waals surface area (Å²) in [5, 5.41) is 2.95. The van der Waals surface area contributed by atoms with Crippen LogP contribution < -0.4 is 10.1 Å². The average Bonchev–Trinajstić information content (AvgIpc) is 2.82. The van der Waals surface area contributed by atoms with Crippen LogP contribution in [-0.4, -0.2) is 49.1 Å². The van der Waals surface area contributed by atoms with E-state index in [-0.39, 0.29) is 18.4 Å². The number of carbonyl (C=O) groups is 3. The summed E-state index contributed by atoms with van der Waals surface area (Å²) in [7, 11) is 0. The summed E-state index contributed by atoms with van der Waals surface area (Å²) < 4.78 is 9.70. The Bertz CT molecular complexity index is 933. The Morgan fingerprint density at radius 3 is 2.38 bits per heavy atom. The van der Waals surface area contributed by atoms with E-state index in [0.717, 1.165) is 18.4 Å². The summed E-state index contributed by atoms with van der Waals surface area (Å²) in [5.41, 5.74) is 1.49. The fourth-order valence-corrected chi connectivity index (χ4v) is 3.45. The summed E-state index contributed by atoms with van der Waals surface area (Å²) in [6.07, 6.45) is 4.37. The molecule has 168 valence electrons. The molecule has 0 aliphatic carbocycles. The zero-order valence-electron chi connectivity index (χ0n) is 18.2. The Labute approximate surface area is 188 Å². The number of benzene rings is 2. The Morgan fingerprint density at radius 2 is 1.72 bits per heavy atom. The molecule has 1 saturated heterocycles. The van der Waals surface area contributed by atoms with E-state index in [2.05, 4.69) is 5.32 Å². The highest BCUT2D eigenvalue weighted by molar-refractivity contribution is 5.94. The van der Waals surface area contributed by atoms with Gasteiger partial charge < -0.3 is 19.7 Å². The van der Waals surface area contributed by atoms with Crippen molar-refractivity contribution in [1.82, 2.24) is 10.2 Å². The van der Waals surface area contributed by atoms with Crippen molar-refractivity contribution < 1.29 is 23.9 Å². The van der Waals surface area contributed by atoms with Gasteiger partial charge in [0, 0.05) is 31.3 Å². The van der Waals surface area contributed by atoms with Crippen LogP contribution in [-0.2, 0) is 9.53 Å². The third-order valence-electron chi connectivity index (χ3n) is 5.28. The van der Waals surface area contributed by atoms with Crippen molar-refractivity contribution in [3.63, 3.8) is 0 Å². The maximum Gasteiger partial charge on any atom is 0.513 e. The number of ether oxygens (including phenoxy) is 2. The molecule has 32 heavy (non-hydrogen) atoms. The average molecular weight is 437 g/mol. The molecular weight excluding hydrogens is 408 g/mol. The lowest BCUT2D eigenvalue weighted by atomic mass is 9.96. The largest absolute Gasteiger partial charge is 0.513 e. The van der Waals surface area contributed by atoms with E-state index >= 15 is 0 Å². The van der Waals surface area contributed by atoms with Gasteiger partial charge in [-0.3, -0.25) is 9.59 Å². The fraction of sp³-hybridized carbons (Fsp3) is 0.320. The van der Waals surface area contributed by atoms with Crippen molar-refractivity contribution in [2.75, 3.05) is 26.2 Å². The summed E-state index contributed by atoms with van der Waals surface area (Å²) in [6.45, 7) is 3.84. The van der Waals surface area contributed by atoms with Crippen molar-refractivity contribution in [2.24, 2.45) is 5.92 Å². The molecule has 1 fully saturated rings. The summed E-state index contributed by atoms with van der Waals surface area (Å²) in [5.74, 6) is 0.476. The van der Waals surface area contributed by atoms with Gasteiger partial charge in [0.15, 0.2) is 0 Å². The Hall–Kier alpha value is -3.61. The zero-order valence-corrected chi connectivity index (χ0v) is 18.2. The zero-order chi connectivity index (χ0) is 22.8. The molecule has 7 heteroatoms. The lowest BCUT2D eigenvalue weighted by molar-refractivity contribution is -0.127.